The normalized spacial score (nSPS) is 19.9. The second kappa shape index (κ2) is 8.54. The van der Waals surface area contributed by atoms with Crippen LogP contribution in [-0.4, -0.2) is 48.6 Å². The van der Waals surface area contributed by atoms with Gasteiger partial charge in [-0.25, -0.2) is 4.99 Å². The number of likely N-dealkylation sites (N-methyl/N-ethyl adjacent to an activating group) is 1. The highest BCUT2D eigenvalue weighted by atomic mass is 16.5. The lowest BCUT2D eigenvalue weighted by molar-refractivity contribution is -0.121. The molecule has 3 atom stereocenters. The summed E-state index contributed by atoms with van der Waals surface area (Å²) in [5.74, 6) is -0.349. The molecule has 0 bridgehead atoms. The van der Waals surface area contributed by atoms with Crippen molar-refractivity contribution < 1.29 is 14.6 Å². The highest BCUT2D eigenvalue weighted by Gasteiger charge is 2.35. The number of aliphatic hydroxyl groups excluding tert-OH is 1. The molecule has 0 saturated carbocycles. The molecule has 0 aromatic heterocycles. The third-order valence-electron chi connectivity index (χ3n) is 5.32. The molecule has 1 aliphatic rings. The van der Waals surface area contributed by atoms with Crippen LogP contribution in [0.1, 0.15) is 35.6 Å². The van der Waals surface area contributed by atoms with Gasteiger partial charge in [0.15, 0.2) is 0 Å². The number of nitrogens with two attached hydrogens (primary N) is 1. The summed E-state index contributed by atoms with van der Waals surface area (Å²) >= 11 is 0. The fourth-order valence-electron chi connectivity index (χ4n) is 3.66. The predicted octanol–water partition coefficient (Wildman–Crippen LogP) is 2.54. The van der Waals surface area contributed by atoms with Gasteiger partial charge >= 0.3 is 0 Å². The number of hydrogen-bond donors (Lipinski definition) is 2. The minimum absolute atomic E-state index is 0.0641. The average molecular weight is 381 g/mol. The SMILES string of the molecule is CO[C@@H](CN(C)C(C)=Nc1ccc2c(c1)[C@@H](C(N)=O)[C@H](O)C2)c1ccccc1. The molecular weight excluding hydrogens is 354 g/mol. The first-order valence-electron chi connectivity index (χ1n) is 9.35. The smallest absolute Gasteiger partial charge is 0.227 e. The van der Waals surface area contributed by atoms with Gasteiger partial charge in [-0.2, -0.15) is 0 Å². The van der Waals surface area contributed by atoms with Crippen molar-refractivity contribution in [2.45, 2.75) is 31.5 Å². The van der Waals surface area contributed by atoms with Crippen LogP contribution >= 0.6 is 0 Å². The van der Waals surface area contributed by atoms with E-state index in [-0.39, 0.29) is 6.10 Å². The molecule has 0 heterocycles. The average Bonchev–Trinajstić information content (AvgIpc) is 3.01. The van der Waals surface area contributed by atoms with E-state index < -0.39 is 17.9 Å². The topological polar surface area (TPSA) is 88.1 Å². The lowest BCUT2D eigenvalue weighted by Crippen LogP contribution is -2.29. The molecule has 2 aromatic rings. The monoisotopic (exact) mass is 381 g/mol. The van der Waals surface area contributed by atoms with Crippen molar-refractivity contribution in [2.24, 2.45) is 10.7 Å². The van der Waals surface area contributed by atoms with Crippen molar-refractivity contribution in [1.82, 2.24) is 4.90 Å². The van der Waals surface area contributed by atoms with Gasteiger partial charge < -0.3 is 20.5 Å². The molecule has 1 aliphatic carbocycles. The Morgan fingerprint density at radius 3 is 2.68 bits per heavy atom. The van der Waals surface area contributed by atoms with Crippen LogP contribution in [-0.2, 0) is 16.0 Å². The molecular formula is C22H27N3O3. The molecule has 0 spiro atoms. The van der Waals surface area contributed by atoms with Gasteiger partial charge in [0.05, 0.1) is 23.8 Å². The molecule has 0 radical (unpaired) electrons. The first-order valence-corrected chi connectivity index (χ1v) is 9.35. The van der Waals surface area contributed by atoms with Gasteiger partial charge in [-0.15, -0.1) is 0 Å². The molecule has 0 saturated heterocycles. The minimum atomic E-state index is -0.760. The molecule has 148 valence electrons. The summed E-state index contributed by atoms with van der Waals surface area (Å²) < 4.78 is 5.64. The molecule has 0 fully saturated rings. The number of ether oxygens (including phenoxy) is 1. The van der Waals surface area contributed by atoms with E-state index in [0.29, 0.717) is 13.0 Å². The molecule has 3 rings (SSSR count). The molecule has 28 heavy (non-hydrogen) atoms. The zero-order valence-corrected chi connectivity index (χ0v) is 16.5. The number of nitrogens with zero attached hydrogens (tertiary/aromatic N) is 2. The number of hydrogen-bond acceptors (Lipinski definition) is 4. The Hall–Kier alpha value is -2.70. The zero-order valence-electron chi connectivity index (χ0n) is 16.5. The largest absolute Gasteiger partial charge is 0.392 e. The number of methoxy groups -OCH3 is 1. The number of primary amides is 1. The maximum Gasteiger partial charge on any atom is 0.227 e. The van der Waals surface area contributed by atoms with Gasteiger partial charge in [-0.1, -0.05) is 36.4 Å². The van der Waals surface area contributed by atoms with Gasteiger partial charge in [0.2, 0.25) is 5.91 Å². The van der Waals surface area contributed by atoms with Crippen LogP contribution < -0.4 is 5.73 Å². The van der Waals surface area contributed by atoms with Gasteiger partial charge in [0.1, 0.15) is 5.84 Å². The van der Waals surface area contributed by atoms with E-state index in [1.807, 2.05) is 67.4 Å². The molecule has 1 amide bonds. The number of fused-ring (bicyclic) bond motifs is 1. The van der Waals surface area contributed by atoms with E-state index >= 15 is 0 Å². The second-order valence-electron chi connectivity index (χ2n) is 7.21. The fraction of sp³-hybridized carbons (Fsp3) is 0.364. The molecule has 0 unspecified atom stereocenters. The standard InChI is InChI=1S/C22H27N3O3/c1-14(25(2)13-20(28-3)15-7-5-4-6-8-15)24-17-10-9-16-11-19(26)21(22(23)27)18(16)12-17/h4-10,12,19-21,26H,11,13H2,1-3H3,(H2,23,27)/t19-,20+,21-/m1/s1. The van der Waals surface area contributed by atoms with Crippen LogP contribution in [0, 0.1) is 0 Å². The summed E-state index contributed by atoms with van der Waals surface area (Å²) in [6.45, 7) is 2.59. The lowest BCUT2D eigenvalue weighted by Gasteiger charge is -2.25. The fourth-order valence-corrected chi connectivity index (χ4v) is 3.66. The Bertz CT molecular complexity index is 867. The van der Waals surface area contributed by atoms with Crippen molar-refractivity contribution in [3.8, 4) is 0 Å². The quantitative estimate of drug-likeness (QED) is 0.595. The molecule has 2 aromatic carbocycles. The van der Waals surface area contributed by atoms with Crippen LogP contribution in [0.4, 0.5) is 5.69 Å². The number of aliphatic imine (C=N–C) groups is 1. The van der Waals surface area contributed by atoms with Crippen molar-refractivity contribution in [2.75, 3.05) is 20.7 Å². The lowest BCUT2D eigenvalue weighted by atomic mass is 9.99. The number of amidine groups is 1. The number of amides is 1. The summed E-state index contributed by atoms with van der Waals surface area (Å²) in [5.41, 5.74) is 9.04. The van der Waals surface area contributed by atoms with E-state index in [1.165, 1.54) is 0 Å². The van der Waals surface area contributed by atoms with Crippen molar-refractivity contribution in [3.05, 3.63) is 65.2 Å². The van der Waals surface area contributed by atoms with Gasteiger partial charge in [0.25, 0.3) is 0 Å². The summed E-state index contributed by atoms with van der Waals surface area (Å²) in [5, 5.41) is 10.1. The van der Waals surface area contributed by atoms with Gasteiger partial charge in [-0.3, -0.25) is 4.79 Å². The van der Waals surface area contributed by atoms with Gasteiger partial charge in [0, 0.05) is 20.7 Å². The van der Waals surface area contributed by atoms with Crippen molar-refractivity contribution in [3.63, 3.8) is 0 Å². The van der Waals surface area contributed by atoms with Crippen molar-refractivity contribution in [1.29, 1.82) is 0 Å². The van der Waals surface area contributed by atoms with E-state index in [9.17, 15) is 9.90 Å². The highest BCUT2D eigenvalue weighted by molar-refractivity contribution is 5.85. The third kappa shape index (κ3) is 4.24. The highest BCUT2D eigenvalue weighted by Crippen LogP contribution is 2.35. The van der Waals surface area contributed by atoms with E-state index in [4.69, 9.17) is 10.5 Å². The third-order valence-corrected chi connectivity index (χ3v) is 5.32. The van der Waals surface area contributed by atoms with Crippen LogP contribution in [0.5, 0.6) is 0 Å². The first-order chi connectivity index (χ1) is 13.4. The number of carbonyl (C=O) groups excluding carboxylic acids is 1. The maximum atomic E-state index is 11.7. The van der Waals surface area contributed by atoms with E-state index in [2.05, 4.69) is 4.99 Å². The van der Waals surface area contributed by atoms with Crippen LogP contribution in [0.3, 0.4) is 0 Å². The predicted molar refractivity (Wildman–Crippen MR) is 110 cm³/mol. The maximum absolute atomic E-state index is 11.7. The zero-order chi connectivity index (χ0) is 20.3. The van der Waals surface area contributed by atoms with Crippen LogP contribution in [0.15, 0.2) is 53.5 Å². The molecule has 6 heteroatoms. The molecule has 0 aliphatic heterocycles. The summed E-state index contributed by atoms with van der Waals surface area (Å²) in [6, 6.07) is 15.7. The van der Waals surface area contributed by atoms with Crippen molar-refractivity contribution >= 4 is 17.4 Å². The van der Waals surface area contributed by atoms with Crippen LogP contribution in [0.25, 0.3) is 0 Å². The summed E-state index contributed by atoms with van der Waals surface area (Å²) in [4.78, 5) is 18.4. The van der Waals surface area contributed by atoms with E-state index in [1.54, 1.807) is 7.11 Å². The van der Waals surface area contributed by atoms with E-state index in [0.717, 1.165) is 28.2 Å². The Balaban J connectivity index is 1.77. The molecule has 3 N–H and O–H groups in total. The number of carbonyl (C=O) groups is 1. The summed E-state index contributed by atoms with van der Waals surface area (Å²) in [6.07, 6.45) is -0.382. The Morgan fingerprint density at radius 2 is 2.04 bits per heavy atom. The Morgan fingerprint density at radius 1 is 1.32 bits per heavy atom. The van der Waals surface area contributed by atoms with Gasteiger partial charge in [-0.05, 0) is 42.2 Å². The number of rotatable bonds is 6. The second-order valence-corrected chi connectivity index (χ2v) is 7.21. The van der Waals surface area contributed by atoms with Crippen LogP contribution in [0.2, 0.25) is 0 Å². The summed E-state index contributed by atoms with van der Waals surface area (Å²) in [7, 11) is 3.67. The number of benzene rings is 2. The minimum Gasteiger partial charge on any atom is -0.392 e. The number of aliphatic hydroxyl groups is 1. The first kappa shape index (κ1) is 20.0. The Kier molecular flexibility index (Phi) is 6.11. The Labute approximate surface area is 165 Å². The molecule has 6 nitrogen and oxygen atoms in total.